The van der Waals surface area contributed by atoms with E-state index < -0.39 is 0 Å². The topological polar surface area (TPSA) is 26.0 Å². The van der Waals surface area contributed by atoms with Crippen LogP contribution in [-0.2, 0) is 0 Å². The van der Waals surface area contributed by atoms with Gasteiger partial charge in [-0.2, -0.15) is 0 Å². The minimum Gasteiger partial charge on any atom is -0.328 e. The quantitative estimate of drug-likeness (QED) is 0.688. The molecule has 2 N–H and O–H groups in total. The Labute approximate surface area is 120 Å². The fourth-order valence-electron chi connectivity index (χ4n) is 3.37. The van der Waals surface area contributed by atoms with E-state index in [-0.39, 0.29) is 6.04 Å². The zero-order valence-corrected chi connectivity index (χ0v) is 13.3. The highest BCUT2D eigenvalue weighted by Crippen LogP contribution is 2.38. The summed E-state index contributed by atoms with van der Waals surface area (Å²) in [6.07, 6.45) is 8.79. The van der Waals surface area contributed by atoms with E-state index in [0.717, 1.165) is 18.8 Å². The van der Waals surface area contributed by atoms with Crippen LogP contribution in [0, 0.1) is 17.8 Å². The molecular weight excluding hydrogens is 230 g/mol. The molecule has 0 aromatic rings. The van der Waals surface area contributed by atoms with Gasteiger partial charge in [-0.3, -0.25) is 0 Å². The molecule has 0 aliphatic heterocycles. The third-order valence-corrected chi connectivity index (χ3v) is 4.75. The van der Waals surface area contributed by atoms with Gasteiger partial charge in [0.25, 0.3) is 0 Å². The SMILES string of the molecule is C=C(C)C1CCC(C)CCCC1C(=C)CC[C@@H](C)N. The van der Waals surface area contributed by atoms with E-state index in [2.05, 4.69) is 33.9 Å². The Morgan fingerprint density at radius 2 is 1.84 bits per heavy atom. The van der Waals surface area contributed by atoms with E-state index in [1.807, 2.05) is 0 Å². The molecule has 1 heteroatoms. The number of hydrogen-bond donors (Lipinski definition) is 1. The minimum atomic E-state index is 0.286. The molecule has 0 spiro atoms. The monoisotopic (exact) mass is 263 g/mol. The molecule has 0 aromatic carbocycles. The second kappa shape index (κ2) is 7.89. The largest absolute Gasteiger partial charge is 0.328 e. The van der Waals surface area contributed by atoms with Crippen molar-refractivity contribution in [2.24, 2.45) is 23.5 Å². The van der Waals surface area contributed by atoms with Crippen LogP contribution in [0.15, 0.2) is 24.3 Å². The van der Waals surface area contributed by atoms with E-state index >= 15 is 0 Å². The van der Waals surface area contributed by atoms with Crippen LogP contribution in [0.2, 0.25) is 0 Å². The average Bonchev–Trinajstić information content (AvgIpc) is 2.30. The summed E-state index contributed by atoms with van der Waals surface area (Å²) in [5.41, 5.74) is 8.64. The number of allylic oxidation sites excluding steroid dienone is 2. The zero-order valence-electron chi connectivity index (χ0n) is 13.3. The van der Waals surface area contributed by atoms with Crippen LogP contribution in [0.25, 0.3) is 0 Å². The number of hydrogen-bond acceptors (Lipinski definition) is 1. The Bertz CT molecular complexity index is 303. The second-order valence-electron chi connectivity index (χ2n) is 6.85. The molecule has 1 saturated carbocycles. The lowest BCUT2D eigenvalue weighted by Crippen LogP contribution is -2.22. The predicted octanol–water partition coefficient (Wildman–Crippen LogP) is 5.08. The third-order valence-electron chi connectivity index (χ3n) is 4.75. The molecular formula is C18H33N. The summed E-state index contributed by atoms with van der Waals surface area (Å²) in [5.74, 6) is 2.16. The molecule has 19 heavy (non-hydrogen) atoms. The van der Waals surface area contributed by atoms with E-state index in [9.17, 15) is 0 Å². The second-order valence-corrected chi connectivity index (χ2v) is 6.85. The van der Waals surface area contributed by atoms with Gasteiger partial charge in [-0.05, 0) is 57.3 Å². The van der Waals surface area contributed by atoms with Crippen molar-refractivity contribution >= 4 is 0 Å². The van der Waals surface area contributed by atoms with Gasteiger partial charge in [-0.1, -0.05) is 50.5 Å². The summed E-state index contributed by atoms with van der Waals surface area (Å²) in [6.45, 7) is 15.3. The Kier molecular flexibility index (Phi) is 6.85. The first-order valence-electron chi connectivity index (χ1n) is 8.00. The molecule has 1 fully saturated rings. The third kappa shape index (κ3) is 5.52. The lowest BCUT2D eigenvalue weighted by Gasteiger charge is -2.33. The van der Waals surface area contributed by atoms with Gasteiger partial charge in [-0.25, -0.2) is 0 Å². The van der Waals surface area contributed by atoms with Gasteiger partial charge in [0.05, 0.1) is 0 Å². The van der Waals surface area contributed by atoms with Gasteiger partial charge in [0.2, 0.25) is 0 Å². The molecule has 1 nitrogen and oxygen atoms in total. The van der Waals surface area contributed by atoms with Crippen LogP contribution in [-0.4, -0.2) is 6.04 Å². The van der Waals surface area contributed by atoms with Crippen molar-refractivity contribution < 1.29 is 0 Å². The number of nitrogens with two attached hydrogens (primary N) is 1. The standard InChI is InChI=1S/C18H33N/c1-13(2)17-12-9-14(3)7-6-8-18(17)15(4)10-11-16(5)19/h14,16-18H,1,4,6-12,19H2,2-3,5H3/t14?,16-,17?,18?/m1/s1. The van der Waals surface area contributed by atoms with Crippen LogP contribution in [0.4, 0.5) is 0 Å². The molecule has 1 aliphatic carbocycles. The summed E-state index contributed by atoms with van der Waals surface area (Å²) in [7, 11) is 0. The van der Waals surface area contributed by atoms with Gasteiger partial charge in [0.15, 0.2) is 0 Å². The van der Waals surface area contributed by atoms with Gasteiger partial charge in [-0.15, -0.1) is 0 Å². The van der Waals surface area contributed by atoms with Crippen molar-refractivity contribution in [3.63, 3.8) is 0 Å². The van der Waals surface area contributed by atoms with E-state index in [0.29, 0.717) is 11.8 Å². The molecule has 0 saturated heterocycles. The first kappa shape index (κ1) is 16.5. The molecule has 110 valence electrons. The van der Waals surface area contributed by atoms with Crippen molar-refractivity contribution in [3.05, 3.63) is 24.3 Å². The Balaban J connectivity index is 2.68. The van der Waals surface area contributed by atoms with Gasteiger partial charge in [0, 0.05) is 6.04 Å². The normalized spacial score (nSPS) is 30.2. The van der Waals surface area contributed by atoms with Crippen LogP contribution in [0.5, 0.6) is 0 Å². The van der Waals surface area contributed by atoms with Gasteiger partial charge >= 0.3 is 0 Å². The average molecular weight is 263 g/mol. The maximum Gasteiger partial charge on any atom is 0.00135 e. The van der Waals surface area contributed by atoms with Crippen molar-refractivity contribution in [3.8, 4) is 0 Å². The van der Waals surface area contributed by atoms with Crippen LogP contribution < -0.4 is 5.73 Å². The maximum absolute atomic E-state index is 5.88. The highest BCUT2D eigenvalue weighted by atomic mass is 14.6. The van der Waals surface area contributed by atoms with Crippen molar-refractivity contribution in [2.75, 3.05) is 0 Å². The minimum absolute atomic E-state index is 0.286. The Morgan fingerprint density at radius 1 is 1.16 bits per heavy atom. The first-order chi connectivity index (χ1) is 8.91. The highest BCUT2D eigenvalue weighted by molar-refractivity contribution is 5.11. The van der Waals surface area contributed by atoms with Crippen LogP contribution in [0.1, 0.15) is 65.7 Å². The van der Waals surface area contributed by atoms with Crippen molar-refractivity contribution in [1.82, 2.24) is 0 Å². The van der Waals surface area contributed by atoms with Crippen molar-refractivity contribution in [2.45, 2.75) is 71.8 Å². The predicted molar refractivity (Wildman–Crippen MR) is 86.1 cm³/mol. The van der Waals surface area contributed by atoms with E-state index in [4.69, 9.17) is 5.73 Å². The first-order valence-corrected chi connectivity index (χ1v) is 8.00. The lowest BCUT2D eigenvalue weighted by atomic mass is 9.72. The van der Waals surface area contributed by atoms with Crippen LogP contribution in [0.3, 0.4) is 0 Å². The van der Waals surface area contributed by atoms with E-state index in [1.165, 1.54) is 43.3 Å². The van der Waals surface area contributed by atoms with Gasteiger partial charge < -0.3 is 5.73 Å². The number of rotatable bonds is 5. The fourth-order valence-corrected chi connectivity index (χ4v) is 3.37. The Morgan fingerprint density at radius 3 is 2.42 bits per heavy atom. The zero-order chi connectivity index (χ0) is 14.4. The van der Waals surface area contributed by atoms with Crippen LogP contribution >= 0.6 is 0 Å². The summed E-state index contributed by atoms with van der Waals surface area (Å²) < 4.78 is 0. The molecule has 1 rings (SSSR count). The summed E-state index contributed by atoms with van der Waals surface area (Å²) >= 11 is 0. The highest BCUT2D eigenvalue weighted by Gasteiger charge is 2.26. The molecule has 0 bridgehead atoms. The summed E-state index contributed by atoms with van der Waals surface area (Å²) in [4.78, 5) is 0. The molecule has 0 aromatic heterocycles. The smallest absolute Gasteiger partial charge is 0.00135 e. The Hall–Kier alpha value is -0.560. The van der Waals surface area contributed by atoms with E-state index in [1.54, 1.807) is 0 Å². The summed E-state index contributed by atoms with van der Waals surface area (Å²) in [5, 5.41) is 0. The molecule has 4 atom stereocenters. The molecule has 1 aliphatic rings. The molecule has 0 amide bonds. The lowest BCUT2D eigenvalue weighted by molar-refractivity contribution is 0.289. The van der Waals surface area contributed by atoms with Crippen molar-refractivity contribution in [1.29, 1.82) is 0 Å². The molecule has 0 heterocycles. The fraction of sp³-hybridized carbons (Fsp3) is 0.778. The van der Waals surface area contributed by atoms with Gasteiger partial charge in [0.1, 0.15) is 0 Å². The maximum atomic E-state index is 5.88. The molecule has 0 radical (unpaired) electrons. The summed E-state index contributed by atoms with van der Waals surface area (Å²) in [6, 6.07) is 0.286. The molecule has 3 unspecified atom stereocenters.